The van der Waals surface area contributed by atoms with Crippen molar-refractivity contribution in [3.05, 3.63) is 0 Å². The molecule has 0 rings (SSSR count). The minimum Gasteiger partial charge on any atom is -0.469 e. The topological polar surface area (TPSA) is 589 Å². The van der Waals surface area contributed by atoms with Gasteiger partial charge in [-0.2, -0.15) is 0 Å². The smallest absolute Gasteiger partial charge is 0.469 e. The number of amides is 5. The Morgan fingerprint density at radius 1 is 0.223 bits per heavy atom. The summed E-state index contributed by atoms with van der Waals surface area (Å²) < 4.78 is 110. The number of ketones is 2. The summed E-state index contributed by atoms with van der Waals surface area (Å²) in [5.74, 6) is -4.04. The molecule has 47 nitrogen and oxygen atoms in total. The van der Waals surface area contributed by atoms with E-state index in [1.54, 1.807) is 20.9 Å². The summed E-state index contributed by atoms with van der Waals surface area (Å²) >= 11 is 0. The van der Waals surface area contributed by atoms with E-state index >= 15 is 0 Å². The van der Waals surface area contributed by atoms with Gasteiger partial charge in [0.25, 0.3) is 0 Å². The molecule has 0 fully saturated rings. The Labute approximate surface area is 707 Å². The second-order valence-corrected chi connectivity index (χ2v) is 21.9. The molecule has 0 saturated carbocycles. The Hall–Kier alpha value is -10.1. The van der Waals surface area contributed by atoms with Crippen LogP contribution in [0.5, 0.6) is 0 Å². The summed E-state index contributed by atoms with van der Waals surface area (Å²) in [6.07, 6.45) is 5.21. The minimum absolute atomic E-state index is 0.00269. The number of carbonyl (C=O) groups excluding carboxylic acids is 18. The van der Waals surface area contributed by atoms with Crippen LogP contribution in [-0.2, 0) is 186 Å². The van der Waals surface area contributed by atoms with Crippen LogP contribution in [0.1, 0.15) is 111 Å². The van der Waals surface area contributed by atoms with Crippen LogP contribution in [-0.4, -0.2) is 372 Å². The van der Waals surface area contributed by atoms with Crippen molar-refractivity contribution in [2.45, 2.75) is 111 Å². The van der Waals surface area contributed by atoms with Crippen molar-refractivity contribution in [2.24, 2.45) is 0 Å². The standard InChI is InChI=1S/C10H19NO5.C9H17NO6.C9H16O4.2C8H15NO4.2C8H14O5.C7H13NO3.C7H12O6/c1-14-8-9(12)16-7-5-3-4-6-11-10(13)15-2;1-13-7-8(11)16-6-5-15-4-3-10-9(12)14-2;1-3-8(10)5-4-6-13-9(11)7-12-2;1-12-6-7(10)9-5-3-4-8(11)13-2;1-3-8(11)13-5-4-9-7(10)6-12-2;1-11-6-8(10)13-5-3-4-7(9)12-2;1-3-7(9)12-4-5-13-8(10)6-11-2;1-8-7(10)4-3-6(9)5-11-2;1-10-5-6(8)12-3-4-13-7(9)11-2/h3-8H2,1-2H3,(H,11,13);3-7H2,1-2H3,(H,10,12);3-7H2,1-2H3;2*3-6H2,1-2H3,(H,9,10);2*3-6H2,1-2H3;3-5H2,1-2H3,(H,8,10);3-5H2,1-2H3. The number of esters is 10. The average molecular weight is 1770 g/mol. The van der Waals surface area contributed by atoms with Crippen LogP contribution in [0.3, 0.4) is 0 Å². The number of hydrogen-bond donors (Lipinski definition) is 5. The molecule has 0 aliphatic rings. The number of carbonyl (C=O) groups is 18. The summed E-state index contributed by atoms with van der Waals surface area (Å²) in [4.78, 5) is 192. The van der Waals surface area contributed by atoms with E-state index in [2.05, 4.69) is 112 Å². The van der Waals surface area contributed by atoms with Gasteiger partial charge in [0.1, 0.15) is 105 Å². The van der Waals surface area contributed by atoms with Gasteiger partial charge in [-0.25, -0.2) is 43.2 Å². The molecule has 47 heteroatoms. The van der Waals surface area contributed by atoms with Gasteiger partial charge in [0.05, 0.1) is 75.1 Å². The van der Waals surface area contributed by atoms with E-state index in [0.29, 0.717) is 97.4 Å². The van der Waals surface area contributed by atoms with Gasteiger partial charge in [-0.1, -0.05) is 20.8 Å². The Balaban J connectivity index is -0.000000167. The number of nitrogens with one attached hydrogen (secondary N) is 5. The van der Waals surface area contributed by atoms with Crippen LogP contribution in [0.4, 0.5) is 14.4 Å². The first kappa shape index (κ1) is 129. The lowest BCUT2D eigenvalue weighted by atomic mass is 10.2. The highest BCUT2D eigenvalue weighted by molar-refractivity contribution is 5.85. The maximum atomic E-state index is 10.8. The minimum atomic E-state index is -0.803. The maximum absolute atomic E-state index is 10.8. The van der Waals surface area contributed by atoms with E-state index in [-0.39, 0.29) is 197 Å². The molecule has 5 N–H and O–H groups in total. The van der Waals surface area contributed by atoms with Crippen LogP contribution in [0, 0.1) is 0 Å². The first-order valence-corrected chi connectivity index (χ1v) is 37.3. The van der Waals surface area contributed by atoms with Gasteiger partial charge in [-0.05, 0) is 38.5 Å². The lowest BCUT2D eigenvalue weighted by Crippen LogP contribution is -2.30. The van der Waals surface area contributed by atoms with Crippen molar-refractivity contribution in [3.63, 3.8) is 0 Å². The Kier molecular flexibility index (Phi) is 113. The van der Waals surface area contributed by atoms with Crippen LogP contribution in [0.2, 0.25) is 0 Å². The quantitative estimate of drug-likeness (QED) is 0.0315. The number of hydrogen-bond acceptors (Lipinski definition) is 42. The third kappa shape index (κ3) is 123. The zero-order chi connectivity index (χ0) is 93.8. The lowest BCUT2D eigenvalue weighted by Gasteiger charge is -2.06. The third-order valence-corrected chi connectivity index (χ3v) is 12.1. The van der Waals surface area contributed by atoms with Crippen molar-refractivity contribution in [1.82, 2.24) is 26.6 Å². The SMILES string of the molecule is CCC(=O)CCCOC(=O)COC.CCC(=O)OCCNC(=O)COC.CCC(=O)OCCOC(=O)COC.CNC(=O)CCC(=O)COC.COCC(=O)NCCCC(=O)OC.COCC(=O)OCCCC(=O)OC.COCC(=O)OCCCCCNC(=O)OC.COCC(=O)OCCOC(=O)OC.COCC(=O)OCCOCCNC(=O)OC. The Bertz CT molecular complexity index is 2340. The van der Waals surface area contributed by atoms with Crippen molar-refractivity contribution in [1.29, 1.82) is 0 Å². The average Bonchev–Trinajstić information content (AvgIpc) is 1.04. The van der Waals surface area contributed by atoms with Gasteiger partial charge in [0.2, 0.25) is 17.7 Å². The molecule has 0 heterocycles. The highest BCUT2D eigenvalue weighted by Crippen LogP contribution is 1.99. The van der Waals surface area contributed by atoms with Gasteiger partial charge >= 0.3 is 78.0 Å². The molecule has 0 bridgehead atoms. The second-order valence-electron chi connectivity index (χ2n) is 21.9. The molecule has 0 aliphatic carbocycles. The molecular weight excluding hydrogens is 1630 g/mol. The fraction of sp³-hybridized carbons (Fsp3) is 0.757. The third-order valence-electron chi connectivity index (χ3n) is 12.1. The molecule has 0 atom stereocenters. The van der Waals surface area contributed by atoms with Gasteiger partial charge in [-0.15, -0.1) is 0 Å². The van der Waals surface area contributed by atoms with Crippen molar-refractivity contribution >= 4 is 107 Å². The number of ether oxygens (including phenoxy) is 24. The first-order valence-electron chi connectivity index (χ1n) is 37.3. The molecule has 0 aromatic rings. The zero-order valence-electron chi connectivity index (χ0n) is 73.5. The highest BCUT2D eigenvalue weighted by atomic mass is 16.7. The van der Waals surface area contributed by atoms with Crippen molar-refractivity contribution in [2.75, 3.05) is 265 Å². The van der Waals surface area contributed by atoms with Gasteiger partial charge in [0, 0.05) is 142 Å². The van der Waals surface area contributed by atoms with E-state index in [1.165, 1.54) is 99.5 Å². The fourth-order valence-corrected chi connectivity index (χ4v) is 6.31. The number of Topliss-reactive ketones (excluding diaryl/α,β-unsaturated/α-hetero) is 2. The summed E-state index contributed by atoms with van der Waals surface area (Å²) in [5.41, 5.74) is 0. The largest absolute Gasteiger partial charge is 0.508 e. The first-order chi connectivity index (χ1) is 57.8. The molecule has 0 spiro atoms. The Morgan fingerprint density at radius 3 is 0.926 bits per heavy atom. The number of unbranched alkanes of at least 4 members (excludes halogenated alkanes) is 2. The lowest BCUT2D eigenvalue weighted by molar-refractivity contribution is -0.154. The van der Waals surface area contributed by atoms with E-state index < -0.39 is 42.2 Å². The van der Waals surface area contributed by atoms with Gasteiger partial charge < -0.3 is 140 Å². The fourth-order valence-electron chi connectivity index (χ4n) is 6.31. The molecule has 0 aliphatic heterocycles. The van der Waals surface area contributed by atoms with Gasteiger partial charge in [0.15, 0.2) is 5.78 Å². The van der Waals surface area contributed by atoms with Gasteiger partial charge in [-0.3, -0.25) is 43.2 Å². The molecular formula is C74H135N5O42. The van der Waals surface area contributed by atoms with E-state index in [0.717, 1.165) is 19.3 Å². The van der Waals surface area contributed by atoms with Crippen LogP contribution >= 0.6 is 0 Å². The summed E-state index contributed by atoms with van der Waals surface area (Å²) in [6, 6.07) is 0. The predicted octanol–water partition coefficient (Wildman–Crippen LogP) is 0.536. The highest BCUT2D eigenvalue weighted by Gasteiger charge is 2.11. The van der Waals surface area contributed by atoms with E-state index in [1.807, 2.05) is 6.92 Å². The zero-order valence-corrected chi connectivity index (χ0v) is 73.5. The summed E-state index contributed by atoms with van der Waals surface area (Å²) in [7, 11) is 20.8. The summed E-state index contributed by atoms with van der Waals surface area (Å²) in [6.45, 7) is 8.80. The molecule has 708 valence electrons. The molecule has 5 amide bonds. The predicted molar refractivity (Wildman–Crippen MR) is 420 cm³/mol. The molecule has 0 aromatic carbocycles. The molecule has 0 aromatic heterocycles. The normalized spacial score (nSPS) is 9.44. The van der Waals surface area contributed by atoms with Crippen LogP contribution < -0.4 is 26.6 Å². The van der Waals surface area contributed by atoms with E-state index in [4.69, 9.17) is 28.4 Å². The number of methoxy groups -OCH3 is 14. The summed E-state index contributed by atoms with van der Waals surface area (Å²) in [5, 5.41) is 12.5. The Morgan fingerprint density at radius 2 is 0.554 bits per heavy atom. The maximum Gasteiger partial charge on any atom is 0.508 e. The molecule has 121 heavy (non-hydrogen) atoms. The monoisotopic (exact) mass is 1770 g/mol. The van der Waals surface area contributed by atoms with Crippen molar-refractivity contribution < 1.29 is 200 Å². The number of alkyl carbamates (subject to hydrolysis) is 2. The number of rotatable bonds is 57. The van der Waals surface area contributed by atoms with Crippen LogP contribution in [0.15, 0.2) is 0 Å². The van der Waals surface area contributed by atoms with E-state index in [9.17, 15) is 86.3 Å². The molecule has 0 saturated heterocycles. The second kappa shape index (κ2) is 106. The van der Waals surface area contributed by atoms with Crippen LogP contribution in [0.25, 0.3) is 0 Å². The van der Waals surface area contributed by atoms with Crippen molar-refractivity contribution in [3.8, 4) is 0 Å². The molecule has 0 unspecified atom stereocenters. The molecule has 0 radical (unpaired) electrons.